The van der Waals surface area contributed by atoms with E-state index in [1.165, 1.54) is 12.8 Å². The molecule has 1 heterocycles. The molecule has 1 fully saturated rings. The van der Waals surface area contributed by atoms with E-state index in [1.807, 2.05) is 60.7 Å². The van der Waals surface area contributed by atoms with Crippen LogP contribution in [0.25, 0.3) is 0 Å². The minimum absolute atomic E-state index is 0.932. The van der Waals surface area contributed by atoms with Crippen LogP contribution >= 0.6 is 7.29 Å². The summed E-state index contributed by atoms with van der Waals surface area (Å²) >= 11 is 0. The molecule has 3 rings (SSSR count). The molecule has 2 aromatic carbocycles. The van der Waals surface area contributed by atoms with Crippen molar-refractivity contribution in [3.05, 3.63) is 60.7 Å². The molecule has 1 saturated heterocycles. The highest BCUT2D eigenvalue weighted by Gasteiger charge is 2.34. The van der Waals surface area contributed by atoms with Crippen LogP contribution in [0.4, 0.5) is 0 Å². The van der Waals surface area contributed by atoms with Crippen LogP contribution in [0, 0.1) is 0 Å². The highest BCUT2D eigenvalue weighted by atomic mass is 31.2. The van der Waals surface area contributed by atoms with Crippen molar-refractivity contribution >= 4 is 17.9 Å². The molecular formula is C18H22NOP. The minimum atomic E-state index is -2.69. The summed E-state index contributed by atoms with van der Waals surface area (Å²) in [4.78, 5) is 0. The lowest BCUT2D eigenvalue weighted by Crippen LogP contribution is -2.33. The molecule has 0 aromatic heterocycles. The maximum Gasteiger partial charge on any atom is 0.207 e. The SMILES string of the molecule is O=P(c1ccccc1)(c1ccccc1)N1CCCCCC1. The maximum absolute atomic E-state index is 14.1. The highest BCUT2D eigenvalue weighted by Crippen LogP contribution is 2.48. The first kappa shape index (κ1) is 14.6. The van der Waals surface area contributed by atoms with Crippen LogP contribution in [0.1, 0.15) is 25.7 Å². The zero-order valence-electron chi connectivity index (χ0n) is 12.3. The predicted octanol–water partition coefficient (Wildman–Crippen LogP) is 3.79. The van der Waals surface area contributed by atoms with Crippen LogP contribution in [0.15, 0.2) is 60.7 Å². The fraction of sp³-hybridized carbons (Fsp3) is 0.333. The lowest BCUT2D eigenvalue weighted by atomic mass is 10.2. The van der Waals surface area contributed by atoms with E-state index in [0.29, 0.717) is 0 Å². The Balaban J connectivity index is 2.08. The normalized spacial score (nSPS) is 17.3. The van der Waals surface area contributed by atoms with Crippen molar-refractivity contribution in [1.82, 2.24) is 4.67 Å². The van der Waals surface area contributed by atoms with Gasteiger partial charge in [-0.1, -0.05) is 49.2 Å². The Morgan fingerprint density at radius 1 is 0.667 bits per heavy atom. The molecule has 0 spiro atoms. The summed E-state index contributed by atoms with van der Waals surface area (Å²) < 4.78 is 16.3. The summed E-state index contributed by atoms with van der Waals surface area (Å²) in [7, 11) is -2.69. The summed E-state index contributed by atoms with van der Waals surface area (Å²) in [5.41, 5.74) is 0. The van der Waals surface area contributed by atoms with Crippen molar-refractivity contribution in [3.8, 4) is 0 Å². The van der Waals surface area contributed by atoms with Crippen LogP contribution in [0.2, 0.25) is 0 Å². The van der Waals surface area contributed by atoms with Crippen LogP contribution < -0.4 is 10.6 Å². The number of hydrogen-bond acceptors (Lipinski definition) is 1. The molecule has 0 aliphatic carbocycles. The number of hydrogen-bond donors (Lipinski definition) is 0. The third kappa shape index (κ3) is 2.97. The Labute approximate surface area is 127 Å². The second kappa shape index (κ2) is 6.60. The number of rotatable bonds is 3. The van der Waals surface area contributed by atoms with Crippen LogP contribution in [0.3, 0.4) is 0 Å². The van der Waals surface area contributed by atoms with Gasteiger partial charge in [0.25, 0.3) is 0 Å². The molecule has 0 bridgehead atoms. The van der Waals surface area contributed by atoms with Gasteiger partial charge in [0.2, 0.25) is 7.29 Å². The molecule has 2 aromatic rings. The van der Waals surface area contributed by atoms with Crippen molar-refractivity contribution in [1.29, 1.82) is 0 Å². The predicted molar refractivity (Wildman–Crippen MR) is 89.8 cm³/mol. The first-order valence-corrected chi connectivity index (χ1v) is 9.44. The van der Waals surface area contributed by atoms with Crippen molar-refractivity contribution in [2.75, 3.05) is 13.1 Å². The first-order chi connectivity index (χ1) is 10.3. The average molecular weight is 299 g/mol. The standard InChI is InChI=1S/C18H22NOP/c20-21(17-11-5-3-6-12-17,18-13-7-4-8-14-18)19-15-9-1-2-10-16-19/h3-8,11-14H,1-2,9-10,15-16H2. The van der Waals surface area contributed by atoms with E-state index in [0.717, 1.165) is 36.5 Å². The van der Waals surface area contributed by atoms with Gasteiger partial charge in [-0.05, 0) is 37.1 Å². The van der Waals surface area contributed by atoms with Crippen LogP contribution in [-0.4, -0.2) is 17.8 Å². The molecule has 110 valence electrons. The Morgan fingerprint density at radius 3 is 1.52 bits per heavy atom. The Bertz CT molecular complexity index is 560. The second-order valence-corrected chi connectivity index (χ2v) is 8.37. The highest BCUT2D eigenvalue weighted by molar-refractivity contribution is 7.76. The lowest BCUT2D eigenvalue weighted by molar-refractivity contribution is 0.435. The van der Waals surface area contributed by atoms with Crippen LogP contribution in [-0.2, 0) is 4.57 Å². The van der Waals surface area contributed by atoms with Gasteiger partial charge in [0.05, 0.1) is 0 Å². The smallest absolute Gasteiger partial charge is 0.207 e. The molecule has 0 amide bonds. The topological polar surface area (TPSA) is 20.3 Å². The van der Waals surface area contributed by atoms with E-state index >= 15 is 0 Å². The van der Waals surface area contributed by atoms with Gasteiger partial charge in [0, 0.05) is 23.7 Å². The van der Waals surface area contributed by atoms with Gasteiger partial charge in [0.1, 0.15) is 0 Å². The van der Waals surface area contributed by atoms with Gasteiger partial charge < -0.3 is 0 Å². The average Bonchev–Trinajstić information content (AvgIpc) is 2.85. The van der Waals surface area contributed by atoms with Crippen molar-refractivity contribution < 1.29 is 4.57 Å². The van der Waals surface area contributed by atoms with Crippen LogP contribution in [0.5, 0.6) is 0 Å². The molecular weight excluding hydrogens is 277 g/mol. The molecule has 1 aliphatic heterocycles. The molecule has 0 N–H and O–H groups in total. The summed E-state index contributed by atoms with van der Waals surface area (Å²) in [6.45, 7) is 1.86. The monoisotopic (exact) mass is 299 g/mol. The Morgan fingerprint density at radius 2 is 1.10 bits per heavy atom. The van der Waals surface area contributed by atoms with Gasteiger partial charge in [-0.3, -0.25) is 4.57 Å². The number of benzene rings is 2. The fourth-order valence-electron chi connectivity index (χ4n) is 3.07. The quantitative estimate of drug-likeness (QED) is 0.804. The van der Waals surface area contributed by atoms with E-state index < -0.39 is 7.29 Å². The lowest BCUT2D eigenvalue weighted by Gasteiger charge is -2.31. The fourth-order valence-corrected chi connectivity index (χ4v) is 6.02. The minimum Gasteiger partial charge on any atom is -0.296 e. The molecule has 0 atom stereocenters. The summed E-state index contributed by atoms with van der Waals surface area (Å²) in [5, 5.41) is 1.91. The molecule has 21 heavy (non-hydrogen) atoms. The molecule has 0 unspecified atom stereocenters. The first-order valence-electron chi connectivity index (χ1n) is 7.78. The van der Waals surface area contributed by atoms with E-state index in [9.17, 15) is 4.57 Å². The largest absolute Gasteiger partial charge is 0.296 e. The van der Waals surface area contributed by atoms with Gasteiger partial charge in [-0.15, -0.1) is 0 Å². The molecule has 0 saturated carbocycles. The summed E-state index contributed by atoms with van der Waals surface area (Å²) in [5.74, 6) is 0. The third-order valence-electron chi connectivity index (χ3n) is 4.19. The van der Waals surface area contributed by atoms with E-state index in [2.05, 4.69) is 4.67 Å². The summed E-state index contributed by atoms with van der Waals surface area (Å²) in [6.07, 6.45) is 4.79. The number of nitrogens with zero attached hydrogens (tertiary/aromatic N) is 1. The van der Waals surface area contributed by atoms with Gasteiger partial charge in [-0.25, -0.2) is 4.67 Å². The maximum atomic E-state index is 14.1. The van der Waals surface area contributed by atoms with Crippen molar-refractivity contribution in [2.45, 2.75) is 25.7 Å². The molecule has 1 aliphatic rings. The second-order valence-electron chi connectivity index (χ2n) is 5.62. The zero-order valence-corrected chi connectivity index (χ0v) is 13.2. The van der Waals surface area contributed by atoms with Crippen molar-refractivity contribution in [2.24, 2.45) is 0 Å². The van der Waals surface area contributed by atoms with E-state index in [4.69, 9.17) is 0 Å². The zero-order chi connectivity index (χ0) is 14.5. The molecule has 2 nitrogen and oxygen atoms in total. The van der Waals surface area contributed by atoms with E-state index in [-0.39, 0.29) is 0 Å². The van der Waals surface area contributed by atoms with Gasteiger partial charge >= 0.3 is 0 Å². The Kier molecular flexibility index (Phi) is 4.57. The summed E-state index contributed by atoms with van der Waals surface area (Å²) in [6, 6.07) is 20.0. The van der Waals surface area contributed by atoms with E-state index in [1.54, 1.807) is 0 Å². The van der Waals surface area contributed by atoms with Gasteiger partial charge in [0.15, 0.2) is 0 Å². The Hall–Kier alpha value is -1.37. The van der Waals surface area contributed by atoms with Gasteiger partial charge in [-0.2, -0.15) is 0 Å². The molecule has 0 radical (unpaired) electrons. The van der Waals surface area contributed by atoms with Crippen molar-refractivity contribution in [3.63, 3.8) is 0 Å². The third-order valence-corrected chi connectivity index (χ3v) is 7.39. The molecule has 3 heteroatoms.